The standard InChI is InChI=1S/C28H27FN4O2/c1-4-19-10-12-24(21-9-7-6-8-20(19)21)35-15-14-18-16-22-26(30-17-18)33(5-2)27-23(32(3)28(22)34)11-13-25(29)31-27/h6-13,16-17H,4-5,14-15H2,1-3H3. The summed E-state index contributed by atoms with van der Waals surface area (Å²) in [6, 6.07) is 17.1. The number of ether oxygens (including phenoxy) is 1. The Balaban J connectivity index is 1.41. The molecule has 0 aliphatic carbocycles. The molecule has 0 N–H and O–H groups in total. The van der Waals surface area contributed by atoms with Crippen LogP contribution < -0.4 is 14.5 Å². The van der Waals surface area contributed by atoms with E-state index in [2.05, 4.69) is 35.1 Å². The van der Waals surface area contributed by atoms with Gasteiger partial charge >= 0.3 is 0 Å². The summed E-state index contributed by atoms with van der Waals surface area (Å²) >= 11 is 0. The van der Waals surface area contributed by atoms with Crippen LogP contribution in [0, 0.1) is 5.95 Å². The second-order valence-electron chi connectivity index (χ2n) is 8.52. The van der Waals surface area contributed by atoms with E-state index in [9.17, 15) is 9.18 Å². The van der Waals surface area contributed by atoms with Crippen LogP contribution in [-0.2, 0) is 12.8 Å². The molecular weight excluding hydrogens is 443 g/mol. The van der Waals surface area contributed by atoms with Crippen molar-refractivity contribution in [1.29, 1.82) is 0 Å². The van der Waals surface area contributed by atoms with Crippen molar-refractivity contribution >= 4 is 34.0 Å². The lowest BCUT2D eigenvalue weighted by atomic mass is 10.0. The average Bonchev–Trinajstić information content (AvgIpc) is 2.96. The lowest BCUT2D eigenvalue weighted by Gasteiger charge is -2.22. The van der Waals surface area contributed by atoms with Gasteiger partial charge in [0.1, 0.15) is 11.6 Å². The highest BCUT2D eigenvalue weighted by Crippen LogP contribution is 2.38. The summed E-state index contributed by atoms with van der Waals surface area (Å²) < 4.78 is 20.1. The van der Waals surface area contributed by atoms with E-state index in [0.717, 1.165) is 23.1 Å². The number of benzene rings is 2. The predicted octanol–water partition coefficient (Wildman–Crippen LogP) is 5.70. The number of aromatic nitrogens is 2. The molecule has 35 heavy (non-hydrogen) atoms. The zero-order valence-corrected chi connectivity index (χ0v) is 20.1. The van der Waals surface area contributed by atoms with Gasteiger partial charge in [-0.25, -0.2) is 4.98 Å². The van der Waals surface area contributed by atoms with Gasteiger partial charge in [-0.3, -0.25) is 4.79 Å². The SMILES string of the molecule is CCc1ccc(OCCc2cnc3c(c2)C(=O)N(C)c2ccc(F)nc2N3CC)c2ccccc12. The number of nitrogens with zero attached hydrogens (tertiary/aromatic N) is 4. The average molecular weight is 471 g/mol. The van der Waals surface area contributed by atoms with Gasteiger partial charge in [0, 0.05) is 31.6 Å². The molecule has 4 aromatic rings. The van der Waals surface area contributed by atoms with E-state index in [1.54, 1.807) is 24.2 Å². The van der Waals surface area contributed by atoms with Gasteiger partial charge in [-0.1, -0.05) is 37.3 Å². The Morgan fingerprint density at radius 3 is 2.57 bits per heavy atom. The van der Waals surface area contributed by atoms with Crippen molar-refractivity contribution in [2.45, 2.75) is 26.7 Å². The van der Waals surface area contributed by atoms with Crippen LogP contribution in [0.2, 0.25) is 0 Å². The molecule has 0 unspecified atom stereocenters. The van der Waals surface area contributed by atoms with Crippen molar-refractivity contribution in [3.63, 3.8) is 0 Å². The van der Waals surface area contributed by atoms with Crippen molar-refractivity contribution in [1.82, 2.24) is 9.97 Å². The summed E-state index contributed by atoms with van der Waals surface area (Å²) in [5, 5.41) is 2.30. The first-order chi connectivity index (χ1) is 17.0. The number of aryl methyl sites for hydroxylation is 1. The molecule has 1 amide bonds. The number of pyridine rings is 2. The summed E-state index contributed by atoms with van der Waals surface area (Å²) in [7, 11) is 1.67. The van der Waals surface area contributed by atoms with Gasteiger partial charge in [0.05, 0.1) is 17.9 Å². The molecule has 0 fully saturated rings. The summed E-state index contributed by atoms with van der Waals surface area (Å²) in [6.07, 6.45) is 3.30. The fourth-order valence-electron chi connectivity index (χ4n) is 4.63. The number of rotatable bonds is 6. The molecule has 1 aliphatic heterocycles. The zero-order valence-electron chi connectivity index (χ0n) is 20.1. The maximum atomic E-state index is 13.9. The van der Waals surface area contributed by atoms with E-state index in [1.165, 1.54) is 21.9 Å². The Hall–Kier alpha value is -4.00. The summed E-state index contributed by atoms with van der Waals surface area (Å²) in [4.78, 5) is 25.2. The van der Waals surface area contributed by atoms with E-state index in [-0.39, 0.29) is 5.91 Å². The van der Waals surface area contributed by atoms with E-state index in [4.69, 9.17) is 4.74 Å². The number of carbonyl (C=O) groups is 1. The third-order valence-electron chi connectivity index (χ3n) is 6.47. The van der Waals surface area contributed by atoms with E-state index >= 15 is 0 Å². The fraction of sp³-hybridized carbons (Fsp3) is 0.250. The molecule has 0 bridgehead atoms. The molecule has 2 aromatic carbocycles. The van der Waals surface area contributed by atoms with Crippen LogP contribution in [0.3, 0.4) is 0 Å². The minimum atomic E-state index is -0.597. The summed E-state index contributed by atoms with van der Waals surface area (Å²) in [6.45, 7) is 5.02. The largest absolute Gasteiger partial charge is 0.493 e. The minimum absolute atomic E-state index is 0.206. The Labute approximate surface area is 204 Å². The fourth-order valence-corrected chi connectivity index (χ4v) is 4.63. The van der Waals surface area contributed by atoms with Crippen LogP contribution in [-0.4, -0.2) is 36.1 Å². The molecule has 6 nitrogen and oxygen atoms in total. The van der Waals surface area contributed by atoms with Crippen LogP contribution in [0.4, 0.5) is 21.7 Å². The first-order valence-corrected chi connectivity index (χ1v) is 11.9. The molecule has 0 saturated carbocycles. The van der Waals surface area contributed by atoms with Gasteiger partial charge in [0.15, 0.2) is 5.82 Å². The van der Waals surface area contributed by atoms with Gasteiger partial charge in [0.2, 0.25) is 5.95 Å². The highest BCUT2D eigenvalue weighted by atomic mass is 19.1. The molecule has 0 spiro atoms. The Kier molecular flexibility index (Phi) is 6.07. The maximum absolute atomic E-state index is 13.9. The highest BCUT2D eigenvalue weighted by Gasteiger charge is 2.31. The number of halogens is 1. The molecular formula is C28H27FN4O2. The molecule has 0 atom stereocenters. The number of hydrogen-bond acceptors (Lipinski definition) is 5. The molecule has 178 valence electrons. The second kappa shape index (κ2) is 9.33. The van der Waals surface area contributed by atoms with Crippen LogP contribution in [0.5, 0.6) is 5.75 Å². The quantitative estimate of drug-likeness (QED) is 0.338. The van der Waals surface area contributed by atoms with Crippen LogP contribution in [0.25, 0.3) is 10.8 Å². The first kappa shape index (κ1) is 22.8. The lowest BCUT2D eigenvalue weighted by Crippen LogP contribution is -2.25. The van der Waals surface area contributed by atoms with E-state index < -0.39 is 5.95 Å². The molecule has 0 radical (unpaired) electrons. The smallest absolute Gasteiger partial charge is 0.261 e. The molecule has 3 heterocycles. The van der Waals surface area contributed by atoms with Crippen LogP contribution in [0.1, 0.15) is 35.3 Å². The molecule has 0 saturated heterocycles. The van der Waals surface area contributed by atoms with Crippen LogP contribution >= 0.6 is 0 Å². The van der Waals surface area contributed by atoms with Gasteiger partial charge in [-0.2, -0.15) is 9.37 Å². The van der Waals surface area contributed by atoms with Crippen molar-refractivity contribution < 1.29 is 13.9 Å². The molecule has 5 rings (SSSR count). The molecule has 1 aliphatic rings. The van der Waals surface area contributed by atoms with Gasteiger partial charge < -0.3 is 14.5 Å². The highest BCUT2D eigenvalue weighted by molar-refractivity contribution is 6.12. The number of anilines is 3. The minimum Gasteiger partial charge on any atom is -0.493 e. The maximum Gasteiger partial charge on any atom is 0.261 e. The second-order valence-corrected chi connectivity index (χ2v) is 8.52. The van der Waals surface area contributed by atoms with Gasteiger partial charge in [0.25, 0.3) is 5.91 Å². The third kappa shape index (κ3) is 4.07. The Morgan fingerprint density at radius 1 is 1.00 bits per heavy atom. The molecule has 7 heteroatoms. The van der Waals surface area contributed by atoms with Crippen LogP contribution in [0.15, 0.2) is 60.8 Å². The number of carbonyl (C=O) groups excluding carboxylic acids is 1. The monoisotopic (exact) mass is 470 g/mol. The van der Waals surface area contributed by atoms with Crippen molar-refractivity contribution in [2.24, 2.45) is 0 Å². The van der Waals surface area contributed by atoms with E-state index in [1.807, 2.05) is 31.2 Å². The van der Waals surface area contributed by atoms with Gasteiger partial charge in [-0.15, -0.1) is 0 Å². The van der Waals surface area contributed by atoms with Crippen molar-refractivity contribution in [3.8, 4) is 5.75 Å². The normalized spacial score (nSPS) is 13.0. The number of hydrogen-bond donors (Lipinski definition) is 0. The molecule has 2 aromatic heterocycles. The topological polar surface area (TPSA) is 58.6 Å². The Bertz CT molecular complexity index is 1420. The third-order valence-corrected chi connectivity index (χ3v) is 6.47. The van der Waals surface area contributed by atoms with E-state index in [0.29, 0.717) is 42.5 Å². The Morgan fingerprint density at radius 2 is 1.80 bits per heavy atom. The van der Waals surface area contributed by atoms with Crippen molar-refractivity contribution in [2.75, 3.05) is 30.0 Å². The number of amides is 1. The zero-order chi connectivity index (χ0) is 24.5. The lowest BCUT2D eigenvalue weighted by molar-refractivity contribution is 0.0994. The first-order valence-electron chi connectivity index (χ1n) is 11.9. The predicted molar refractivity (Wildman–Crippen MR) is 136 cm³/mol. The van der Waals surface area contributed by atoms with Gasteiger partial charge in [-0.05, 0) is 54.1 Å². The summed E-state index contributed by atoms with van der Waals surface area (Å²) in [5.74, 6) is 0.902. The van der Waals surface area contributed by atoms with Crippen molar-refractivity contribution in [3.05, 3.63) is 83.4 Å². The number of fused-ring (bicyclic) bond motifs is 3. The summed E-state index contributed by atoms with van der Waals surface area (Å²) in [5.41, 5.74) is 3.19.